The maximum Gasteiger partial charge on any atom is 0.351 e. The number of para-hydroxylation sites is 3. The van der Waals surface area contributed by atoms with E-state index in [2.05, 4.69) is 0 Å². The molecule has 0 bridgehead atoms. The van der Waals surface area contributed by atoms with E-state index < -0.39 is 18.2 Å². The van der Waals surface area contributed by atoms with Crippen molar-refractivity contribution in [1.82, 2.24) is 0 Å². The molecule has 0 saturated carbocycles. The van der Waals surface area contributed by atoms with E-state index in [-0.39, 0.29) is 12.5 Å². The molecule has 6 heteroatoms. The third-order valence-electron chi connectivity index (χ3n) is 4.06. The van der Waals surface area contributed by atoms with Crippen molar-refractivity contribution in [3.63, 3.8) is 0 Å². The smallest absolute Gasteiger partial charge is 0.351 e. The molecule has 0 radical (unpaired) electrons. The van der Waals surface area contributed by atoms with Gasteiger partial charge in [0, 0.05) is 12.2 Å². The number of esters is 1. The molecule has 2 atom stereocenters. The lowest BCUT2D eigenvalue weighted by Crippen LogP contribution is -2.44. The van der Waals surface area contributed by atoms with Gasteiger partial charge in [-0.3, -0.25) is 4.79 Å². The van der Waals surface area contributed by atoms with Gasteiger partial charge in [0.05, 0.1) is 0 Å². The zero-order chi connectivity index (χ0) is 18.5. The molecule has 0 N–H and O–H groups in total. The van der Waals surface area contributed by atoms with E-state index in [1.165, 1.54) is 0 Å². The Labute approximate surface area is 152 Å². The van der Waals surface area contributed by atoms with Crippen LogP contribution in [0.1, 0.15) is 13.8 Å². The molecule has 0 saturated heterocycles. The first kappa shape index (κ1) is 17.8. The fraction of sp³-hybridized carbons (Fsp3) is 0.300. The number of carbonyl (C=O) groups is 2. The number of ether oxygens (including phenoxy) is 3. The van der Waals surface area contributed by atoms with Crippen molar-refractivity contribution >= 4 is 17.6 Å². The lowest BCUT2D eigenvalue weighted by atomic mass is 10.2. The molecular weight excluding hydrogens is 334 g/mol. The standard InChI is InChI=1S/C20H21NO5/c1-3-21(15-9-5-4-6-10-15)19(22)14(2)25-20(23)18-13-24-16-11-7-8-12-17(16)26-18/h4-12,14,18H,3,13H2,1-2H3/t14-,18-/m0/s1. The molecule has 6 nitrogen and oxygen atoms in total. The van der Waals surface area contributed by atoms with Crippen molar-refractivity contribution in [2.75, 3.05) is 18.1 Å². The highest BCUT2D eigenvalue weighted by Crippen LogP contribution is 2.31. The molecule has 1 heterocycles. The van der Waals surface area contributed by atoms with Crippen molar-refractivity contribution in [2.24, 2.45) is 0 Å². The number of rotatable bonds is 5. The quantitative estimate of drug-likeness (QED) is 0.772. The molecule has 0 fully saturated rings. The summed E-state index contributed by atoms with van der Waals surface area (Å²) in [7, 11) is 0. The highest BCUT2D eigenvalue weighted by molar-refractivity contribution is 5.97. The van der Waals surface area contributed by atoms with E-state index in [4.69, 9.17) is 14.2 Å². The first-order chi connectivity index (χ1) is 12.6. The summed E-state index contributed by atoms with van der Waals surface area (Å²) in [6, 6.07) is 16.4. The van der Waals surface area contributed by atoms with Crippen LogP contribution in [-0.4, -0.2) is 37.2 Å². The summed E-state index contributed by atoms with van der Waals surface area (Å²) in [5, 5.41) is 0. The number of anilines is 1. The van der Waals surface area contributed by atoms with Crippen molar-refractivity contribution in [3.05, 3.63) is 54.6 Å². The zero-order valence-electron chi connectivity index (χ0n) is 14.8. The van der Waals surface area contributed by atoms with Crippen LogP contribution in [0, 0.1) is 0 Å². The highest BCUT2D eigenvalue weighted by Gasteiger charge is 2.32. The number of carbonyl (C=O) groups excluding carboxylic acids is 2. The maximum absolute atomic E-state index is 12.7. The van der Waals surface area contributed by atoms with Crippen LogP contribution in [0.25, 0.3) is 0 Å². The van der Waals surface area contributed by atoms with Gasteiger partial charge in [0.1, 0.15) is 6.61 Å². The average Bonchev–Trinajstić information content (AvgIpc) is 2.68. The normalized spacial score (nSPS) is 16.5. The van der Waals surface area contributed by atoms with Gasteiger partial charge in [0.15, 0.2) is 17.6 Å². The van der Waals surface area contributed by atoms with Gasteiger partial charge in [0.25, 0.3) is 5.91 Å². The van der Waals surface area contributed by atoms with Gasteiger partial charge >= 0.3 is 5.97 Å². The van der Waals surface area contributed by atoms with Crippen LogP contribution in [0.3, 0.4) is 0 Å². The summed E-state index contributed by atoms with van der Waals surface area (Å²) in [4.78, 5) is 26.6. The zero-order valence-corrected chi connectivity index (χ0v) is 14.8. The summed E-state index contributed by atoms with van der Waals surface area (Å²) >= 11 is 0. The summed E-state index contributed by atoms with van der Waals surface area (Å²) in [6.45, 7) is 3.95. The Hall–Kier alpha value is -3.02. The van der Waals surface area contributed by atoms with Crippen molar-refractivity contribution < 1.29 is 23.8 Å². The van der Waals surface area contributed by atoms with Crippen LogP contribution in [0.4, 0.5) is 5.69 Å². The van der Waals surface area contributed by atoms with Crippen LogP contribution < -0.4 is 14.4 Å². The molecule has 0 aliphatic carbocycles. The van der Waals surface area contributed by atoms with Crippen molar-refractivity contribution in [1.29, 1.82) is 0 Å². The Morgan fingerprint density at radius 3 is 2.46 bits per heavy atom. The summed E-state index contributed by atoms with van der Waals surface area (Å²) in [5.41, 5.74) is 0.758. The lowest BCUT2D eigenvalue weighted by Gasteiger charge is -2.28. The molecule has 0 aromatic heterocycles. The topological polar surface area (TPSA) is 65.1 Å². The maximum atomic E-state index is 12.7. The molecule has 0 unspecified atom stereocenters. The van der Waals surface area contributed by atoms with Gasteiger partial charge in [-0.05, 0) is 38.1 Å². The Balaban J connectivity index is 1.63. The first-order valence-corrected chi connectivity index (χ1v) is 8.55. The minimum Gasteiger partial charge on any atom is -0.485 e. The Kier molecular flexibility index (Phi) is 5.41. The number of fused-ring (bicyclic) bond motifs is 1. The summed E-state index contributed by atoms with van der Waals surface area (Å²) in [6.07, 6.45) is -1.82. The molecule has 2 aromatic carbocycles. The molecule has 3 rings (SSSR count). The average molecular weight is 355 g/mol. The number of amides is 1. The van der Waals surface area contributed by atoms with E-state index >= 15 is 0 Å². The molecule has 1 aliphatic heterocycles. The van der Waals surface area contributed by atoms with E-state index in [0.29, 0.717) is 18.0 Å². The molecule has 0 spiro atoms. The second kappa shape index (κ2) is 7.91. The van der Waals surface area contributed by atoms with Gasteiger partial charge in [-0.15, -0.1) is 0 Å². The number of hydrogen-bond acceptors (Lipinski definition) is 5. The predicted octanol–water partition coefficient (Wildman–Crippen LogP) is 2.81. The third-order valence-corrected chi connectivity index (χ3v) is 4.06. The van der Waals surface area contributed by atoms with Crippen LogP contribution >= 0.6 is 0 Å². The van der Waals surface area contributed by atoms with Gasteiger partial charge in [-0.2, -0.15) is 0 Å². The Bertz CT molecular complexity index is 777. The van der Waals surface area contributed by atoms with Crippen LogP contribution in [-0.2, 0) is 14.3 Å². The Morgan fingerprint density at radius 2 is 1.77 bits per heavy atom. The minimum atomic E-state index is -0.927. The summed E-state index contributed by atoms with van der Waals surface area (Å²) < 4.78 is 16.5. The van der Waals surface area contributed by atoms with E-state index in [1.807, 2.05) is 43.3 Å². The van der Waals surface area contributed by atoms with Gasteiger partial charge in [0.2, 0.25) is 6.10 Å². The molecule has 26 heavy (non-hydrogen) atoms. The van der Waals surface area contributed by atoms with E-state index in [9.17, 15) is 9.59 Å². The predicted molar refractivity (Wildman–Crippen MR) is 96.4 cm³/mol. The first-order valence-electron chi connectivity index (χ1n) is 8.55. The molecule has 2 aromatic rings. The van der Waals surface area contributed by atoms with Crippen LogP contribution in [0.15, 0.2) is 54.6 Å². The van der Waals surface area contributed by atoms with Crippen molar-refractivity contribution in [3.8, 4) is 11.5 Å². The highest BCUT2D eigenvalue weighted by atomic mass is 16.6. The molecular formula is C20H21NO5. The fourth-order valence-electron chi connectivity index (χ4n) is 2.73. The van der Waals surface area contributed by atoms with E-state index in [0.717, 1.165) is 5.69 Å². The van der Waals surface area contributed by atoms with Gasteiger partial charge < -0.3 is 19.1 Å². The second-order valence-electron chi connectivity index (χ2n) is 5.86. The monoisotopic (exact) mass is 355 g/mol. The van der Waals surface area contributed by atoms with Crippen LogP contribution in [0.2, 0.25) is 0 Å². The molecule has 1 amide bonds. The van der Waals surface area contributed by atoms with Crippen LogP contribution in [0.5, 0.6) is 11.5 Å². The van der Waals surface area contributed by atoms with Gasteiger partial charge in [-0.1, -0.05) is 30.3 Å². The number of nitrogens with zero attached hydrogens (tertiary/aromatic N) is 1. The Morgan fingerprint density at radius 1 is 1.12 bits per heavy atom. The third kappa shape index (κ3) is 3.79. The number of likely N-dealkylation sites (N-methyl/N-ethyl adjacent to an activating group) is 1. The van der Waals surface area contributed by atoms with Gasteiger partial charge in [-0.25, -0.2) is 4.79 Å². The largest absolute Gasteiger partial charge is 0.485 e. The lowest BCUT2D eigenvalue weighted by molar-refractivity contribution is -0.163. The fourth-order valence-corrected chi connectivity index (χ4v) is 2.73. The number of benzene rings is 2. The number of hydrogen-bond donors (Lipinski definition) is 0. The van der Waals surface area contributed by atoms with E-state index in [1.54, 1.807) is 30.0 Å². The van der Waals surface area contributed by atoms with Crippen molar-refractivity contribution in [2.45, 2.75) is 26.1 Å². The minimum absolute atomic E-state index is 0.0485. The second-order valence-corrected chi connectivity index (χ2v) is 5.86. The summed E-state index contributed by atoms with van der Waals surface area (Å²) in [5.74, 6) is 0.162. The SMILES string of the molecule is CCN(C(=O)[C@H](C)OC(=O)[C@@H]1COc2ccccc2O1)c1ccccc1. The molecule has 136 valence electrons. The molecule has 1 aliphatic rings.